The molecule has 1 unspecified atom stereocenters. The zero-order valence-corrected chi connectivity index (χ0v) is 11.1. The summed E-state index contributed by atoms with van der Waals surface area (Å²) < 4.78 is 13.1. The van der Waals surface area contributed by atoms with E-state index in [1.54, 1.807) is 0 Å². The summed E-state index contributed by atoms with van der Waals surface area (Å²) in [7, 11) is 0. The van der Waals surface area contributed by atoms with E-state index in [9.17, 15) is 9.18 Å². The van der Waals surface area contributed by atoms with E-state index in [0.717, 1.165) is 11.8 Å². The molecule has 0 aromatic heterocycles. The van der Waals surface area contributed by atoms with Gasteiger partial charge in [-0.15, -0.1) is 0 Å². The van der Waals surface area contributed by atoms with Crippen LogP contribution in [-0.2, 0) is 0 Å². The minimum Gasteiger partial charge on any atom is -0.350 e. The average molecular weight is 309 g/mol. The van der Waals surface area contributed by atoms with Gasteiger partial charge in [0.15, 0.2) is 0 Å². The molecule has 0 aliphatic heterocycles. The van der Waals surface area contributed by atoms with Gasteiger partial charge in [-0.1, -0.05) is 33.6 Å². The molecule has 1 amide bonds. The van der Waals surface area contributed by atoms with Gasteiger partial charge in [0.2, 0.25) is 0 Å². The predicted octanol–water partition coefficient (Wildman–Crippen LogP) is 3.38. The van der Waals surface area contributed by atoms with Crippen LogP contribution >= 0.6 is 27.5 Å². The minimum absolute atomic E-state index is 0.0196. The minimum atomic E-state index is -0.581. The van der Waals surface area contributed by atoms with Crippen molar-refractivity contribution in [1.82, 2.24) is 5.32 Å². The molecule has 0 radical (unpaired) electrons. The summed E-state index contributed by atoms with van der Waals surface area (Å²) in [5, 5.41) is 3.41. The van der Waals surface area contributed by atoms with Crippen LogP contribution in [0.25, 0.3) is 0 Å². The Kier molecular flexibility index (Phi) is 5.22. The van der Waals surface area contributed by atoms with Crippen LogP contribution in [0.15, 0.2) is 18.2 Å². The van der Waals surface area contributed by atoms with Gasteiger partial charge in [0.05, 0.1) is 10.6 Å². The molecular weight excluding hydrogens is 296 g/mol. The summed E-state index contributed by atoms with van der Waals surface area (Å²) in [4.78, 5) is 11.7. The number of hydrogen-bond acceptors (Lipinski definition) is 1. The van der Waals surface area contributed by atoms with Crippen molar-refractivity contribution in [3.05, 3.63) is 34.6 Å². The Bertz CT molecular complexity index is 386. The number of amides is 1. The van der Waals surface area contributed by atoms with Crippen molar-refractivity contribution >= 4 is 33.4 Å². The van der Waals surface area contributed by atoms with Crippen LogP contribution in [0.1, 0.15) is 23.7 Å². The van der Waals surface area contributed by atoms with Gasteiger partial charge in [0, 0.05) is 11.4 Å². The number of rotatable bonds is 4. The van der Waals surface area contributed by atoms with Crippen LogP contribution in [0.5, 0.6) is 0 Å². The number of halogens is 3. The Morgan fingerprint density at radius 2 is 2.31 bits per heavy atom. The van der Waals surface area contributed by atoms with Gasteiger partial charge in [-0.2, -0.15) is 0 Å². The van der Waals surface area contributed by atoms with Gasteiger partial charge in [0.25, 0.3) is 5.91 Å². The largest absolute Gasteiger partial charge is 0.350 e. The summed E-state index contributed by atoms with van der Waals surface area (Å²) in [5.41, 5.74) is 0.170. The molecular formula is C11H12BrClFNO. The number of carbonyl (C=O) groups excluding carboxylic acids is 1. The summed E-state index contributed by atoms with van der Waals surface area (Å²) in [6.45, 7) is 1.88. The second-order valence-electron chi connectivity index (χ2n) is 3.45. The lowest BCUT2D eigenvalue weighted by atomic mass is 10.2. The first kappa shape index (κ1) is 13.5. The molecule has 1 aromatic carbocycles. The van der Waals surface area contributed by atoms with Crippen molar-refractivity contribution in [2.24, 2.45) is 0 Å². The Hall–Kier alpha value is -0.610. The van der Waals surface area contributed by atoms with E-state index in [-0.39, 0.29) is 22.5 Å². The van der Waals surface area contributed by atoms with Crippen molar-refractivity contribution < 1.29 is 9.18 Å². The summed E-state index contributed by atoms with van der Waals surface area (Å²) in [6, 6.07) is 4.21. The third-order valence-corrected chi connectivity index (χ3v) is 2.96. The highest BCUT2D eigenvalue weighted by Gasteiger charge is 2.14. The normalized spacial score (nSPS) is 12.2. The fourth-order valence-electron chi connectivity index (χ4n) is 1.22. The van der Waals surface area contributed by atoms with Crippen molar-refractivity contribution in [1.29, 1.82) is 0 Å². The quantitative estimate of drug-likeness (QED) is 0.849. The Morgan fingerprint density at radius 3 is 2.94 bits per heavy atom. The number of carbonyl (C=O) groups is 1. The van der Waals surface area contributed by atoms with Crippen molar-refractivity contribution in [3.8, 4) is 0 Å². The molecule has 0 aliphatic rings. The fraction of sp³-hybridized carbons (Fsp3) is 0.364. The zero-order chi connectivity index (χ0) is 12.1. The van der Waals surface area contributed by atoms with Gasteiger partial charge in [-0.3, -0.25) is 4.79 Å². The van der Waals surface area contributed by atoms with Crippen LogP contribution in [0.4, 0.5) is 4.39 Å². The van der Waals surface area contributed by atoms with E-state index >= 15 is 0 Å². The third-order valence-electron chi connectivity index (χ3n) is 2.12. The van der Waals surface area contributed by atoms with E-state index in [1.165, 1.54) is 18.2 Å². The Morgan fingerprint density at radius 1 is 1.62 bits per heavy atom. The van der Waals surface area contributed by atoms with Gasteiger partial charge in [0.1, 0.15) is 5.82 Å². The first-order valence-electron chi connectivity index (χ1n) is 4.87. The van der Waals surface area contributed by atoms with Crippen LogP contribution < -0.4 is 5.32 Å². The van der Waals surface area contributed by atoms with Crippen LogP contribution in [-0.4, -0.2) is 17.3 Å². The standard InChI is InChI=1S/C11H12BrClFNO/c1-7(5-6-12)15-11(16)8-3-2-4-9(14)10(8)13/h2-4,7H,5-6H2,1H3,(H,15,16). The lowest BCUT2D eigenvalue weighted by molar-refractivity contribution is 0.0939. The highest BCUT2D eigenvalue weighted by molar-refractivity contribution is 9.09. The first-order valence-corrected chi connectivity index (χ1v) is 6.37. The molecule has 5 heteroatoms. The van der Waals surface area contributed by atoms with E-state index in [0.29, 0.717) is 0 Å². The fourth-order valence-corrected chi connectivity index (χ4v) is 2.12. The third kappa shape index (κ3) is 3.46. The van der Waals surface area contributed by atoms with Gasteiger partial charge >= 0.3 is 0 Å². The molecule has 88 valence electrons. The molecule has 0 heterocycles. The maximum Gasteiger partial charge on any atom is 0.253 e. The number of nitrogens with one attached hydrogen (secondary N) is 1. The van der Waals surface area contributed by atoms with Crippen molar-refractivity contribution in [3.63, 3.8) is 0 Å². The number of alkyl halides is 1. The topological polar surface area (TPSA) is 29.1 Å². The van der Waals surface area contributed by atoms with Crippen LogP contribution in [0.2, 0.25) is 5.02 Å². The highest BCUT2D eigenvalue weighted by atomic mass is 79.9. The van der Waals surface area contributed by atoms with Gasteiger partial charge < -0.3 is 5.32 Å². The molecule has 0 saturated heterocycles. The number of benzene rings is 1. The molecule has 2 nitrogen and oxygen atoms in total. The van der Waals surface area contributed by atoms with Crippen molar-refractivity contribution in [2.75, 3.05) is 5.33 Å². The van der Waals surface area contributed by atoms with Crippen LogP contribution in [0, 0.1) is 5.82 Å². The molecule has 0 saturated carbocycles. The van der Waals surface area contributed by atoms with E-state index in [2.05, 4.69) is 21.2 Å². The van der Waals surface area contributed by atoms with Gasteiger partial charge in [-0.05, 0) is 25.5 Å². The average Bonchev–Trinajstić information content (AvgIpc) is 2.22. The van der Waals surface area contributed by atoms with E-state index in [1.807, 2.05) is 6.92 Å². The second kappa shape index (κ2) is 6.21. The SMILES string of the molecule is CC(CCBr)NC(=O)c1cccc(F)c1Cl. The lowest BCUT2D eigenvalue weighted by Crippen LogP contribution is -2.33. The molecule has 16 heavy (non-hydrogen) atoms. The zero-order valence-electron chi connectivity index (χ0n) is 8.77. The summed E-state index contributed by atoms with van der Waals surface area (Å²) in [6.07, 6.45) is 0.804. The van der Waals surface area contributed by atoms with E-state index < -0.39 is 5.82 Å². The van der Waals surface area contributed by atoms with Crippen LogP contribution in [0.3, 0.4) is 0 Å². The maximum absolute atomic E-state index is 13.1. The monoisotopic (exact) mass is 307 g/mol. The Labute approximate surface area is 107 Å². The highest BCUT2D eigenvalue weighted by Crippen LogP contribution is 2.19. The second-order valence-corrected chi connectivity index (χ2v) is 4.62. The summed E-state index contributed by atoms with van der Waals surface area (Å²) in [5.74, 6) is -0.930. The van der Waals surface area contributed by atoms with E-state index in [4.69, 9.17) is 11.6 Å². The molecule has 1 N–H and O–H groups in total. The molecule has 1 rings (SSSR count). The van der Waals surface area contributed by atoms with Gasteiger partial charge in [-0.25, -0.2) is 4.39 Å². The molecule has 0 bridgehead atoms. The molecule has 1 aromatic rings. The molecule has 0 aliphatic carbocycles. The van der Waals surface area contributed by atoms with Crippen molar-refractivity contribution in [2.45, 2.75) is 19.4 Å². The smallest absolute Gasteiger partial charge is 0.253 e. The predicted molar refractivity (Wildman–Crippen MR) is 66.7 cm³/mol. The molecule has 0 fully saturated rings. The number of hydrogen-bond donors (Lipinski definition) is 1. The Balaban J connectivity index is 2.77. The first-order chi connectivity index (χ1) is 7.56. The summed E-state index contributed by atoms with van der Waals surface area (Å²) >= 11 is 8.99. The lowest BCUT2D eigenvalue weighted by Gasteiger charge is -2.13. The molecule has 0 spiro atoms. The molecule has 1 atom stereocenters. The maximum atomic E-state index is 13.1.